The lowest BCUT2D eigenvalue weighted by atomic mass is 10.0. The number of nitrogens with one attached hydrogen (secondary N) is 3. The molecule has 3 heterocycles. The van der Waals surface area contributed by atoms with E-state index in [0.29, 0.717) is 31.5 Å². The zero-order valence-corrected chi connectivity index (χ0v) is 25.9. The van der Waals surface area contributed by atoms with Crippen molar-refractivity contribution in [2.75, 3.05) is 13.2 Å². The molecule has 5 rings (SSSR count). The normalized spacial score (nSPS) is 30.0. The Balaban J connectivity index is 1.37. The number of carbonyl (C=O) groups excluding carboxylic acids is 4. The van der Waals surface area contributed by atoms with Crippen LogP contribution < -0.4 is 15.4 Å². The van der Waals surface area contributed by atoms with Crippen LogP contribution in [0.1, 0.15) is 64.5 Å². The van der Waals surface area contributed by atoms with E-state index in [2.05, 4.69) is 32.2 Å². The summed E-state index contributed by atoms with van der Waals surface area (Å²) < 4.78 is 40.3. The van der Waals surface area contributed by atoms with Crippen molar-refractivity contribution in [1.29, 1.82) is 0 Å². The number of sulfonamides is 1. The molecule has 242 valence electrons. The van der Waals surface area contributed by atoms with Gasteiger partial charge in [-0.2, -0.15) is 0 Å². The molecule has 15 nitrogen and oxygen atoms in total. The largest absolute Gasteiger partial charge is 0.450 e. The molecule has 0 aromatic carbocycles. The zero-order valence-electron chi connectivity index (χ0n) is 25.1. The number of carbonyl (C=O) groups is 4. The summed E-state index contributed by atoms with van der Waals surface area (Å²) in [6.07, 6.45) is 5.48. The molecule has 3 N–H and O–H groups in total. The second-order valence-corrected chi connectivity index (χ2v) is 14.4. The highest BCUT2D eigenvalue weighted by atomic mass is 32.2. The number of nitrogens with zero attached hydrogens (tertiary/aromatic N) is 4. The van der Waals surface area contributed by atoms with Crippen LogP contribution in [-0.2, 0) is 47.0 Å². The van der Waals surface area contributed by atoms with Crippen LogP contribution in [0.15, 0.2) is 18.9 Å². The zero-order chi connectivity index (χ0) is 31.6. The summed E-state index contributed by atoms with van der Waals surface area (Å²) in [6, 6.07) is -2.04. The van der Waals surface area contributed by atoms with E-state index < -0.39 is 68.7 Å². The monoisotopic (exact) mass is 635 g/mol. The summed E-state index contributed by atoms with van der Waals surface area (Å²) in [4.78, 5) is 55.0. The first-order chi connectivity index (χ1) is 20.9. The van der Waals surface area contributed by atoms with E-state index in [0.717, 1.165) is 12.8 Å². The Bertz CT molecular complexity index is 1390. The van der Waals surface area contributed by atoms with Gasteiger partial charge in [-0.3, -0.25) is 23.8 Å². The third kappa shape index (κ3) is 7.06. The quantitative estimate of drug-likeness (QED) is 0.353. The fraction of sp³-hybridized carbons (Fsp3) is 0.714. The van der Waals surface area contributed by atoms with Gasteiger partial charge in [0.25, 0.3) is 5.91 Å². The SMILES string of the molecule is C=C[C@@H]1C[C@]1(NC(=O)[C@@H]1C[C@@H]2CN1C(=O)C(C(C)C)NC(=O)OCCCCCn1cc(nn1)CO2)C(=O)NS(=O)(=O)C1CC1. The number of aryl methyl sites for hydroxylation is 1. The van der Waals surface area contributed by atoms with Crippen molar-refractivity contribution in [3.8, 4) is 0 Å². The molecular weight excluding hydrogens is 594 g/mol. The number of ether oxygens (including phenoxy) is 2. The van der Waals surface area contributed by atoms with Crippen LogP contribution in [-0.4, -0.2) is 94.3 Å². The van der Waals surface area contributed by atoms with Gasteiger partial charge in [0.2, 0.25) is 21.8 Å². The number of hydrogen-bond acceptors (Lipinski definition) is 10. The smallest absolute Gasteiger partial charge is 0.407 e. The summed E-state index contributed by atoms with van der Waals surface area (Å²) in [5.41, 5.74) is -0.898. The van der Waals surface area contributed by atoms with Crippen molar-refractivity contribution in [1.82, 2.24) is 35.2 Å². The molecule has 2 aliphatic heterocycles. The van der Waals surface area contributed by atoms with Crippen LogP contribution in [0, 0.1) is 11.8 Å². The molecule has 3 fully saturated rings. The molecular formula is C28H41N7O8S. The minimum Gasteiger partial charge on any atom is -0.450 e. The molecule has 1 unspecified atom stereocenters. The Morgan fingerprint density at radius 3 is 2.68 bits per heavy atom. The van der Waals surface area contributed by atoms with Crippen LogP contribution in [0.3, 0.4) is 0 Å². The number of cyclic esters (lactones) is 1. The van der Waals surface area contributed by atoms with Gasteiger partial charge in [0.05, 0.1) is 30.8 Å². The number of amides is 4. The number of rotatable bonds is 7. The minimum atomic E-state index is -3.85. The summed E-state index contributed by atoms with van der Waals surface area (Å²) in [5, 5.41) is 13.1. The van der Waals surface area contributed by atoms with E-state index >= 15 is 0 Å². The molecule has 2 aliphatic carbocycles. The highest BCUT2D eigenvalue weighted by molar-refractivity contribution is 7.91. The van der Waals surface area contributed by atoms with Gasteiger partial charge in [0.1, 0.15) is 23.3 Å². The van der Waals surface area contributed by atoms with Crippen LogP contribution in [0.5, 0.6) is 0 Å². The number of aromatic nitrogens is 3. The van der Waals surface area contributed by atoms with Crippen molar-refractivity contribution >= 4 is 33.8 Å². The summed E-state index contributed by atoms with van der Waals surface area (Å²) in [5.74, 6) is -2.77. The molecule has 4 amide bonds. The molecule has 1 aromatic heterocycles. The molecule has 44 heavy (non-hydrogen) atoms. The Kier molecular flexibility index (Phi) is 9.30. The van der Waals surface area contributed by atoms with Crippen LogP contribution in [0.4, 0.5) is 4.79 Å². The van der Waals surface area contributed by atoms with E-state index in [9.17, 15) is 27.6 Å². The van der Waals surface area contributed by atoms with Crippen molar-refractivity contribution in [3.63, 3.8) is 0 Å². The fourth-order valence-electron chi connectivity index (χ4n) is 5.72. The first-order valence-electron chi connectivity index (χ1n) is 15.2. The van der Waals surface area contributed by atoms with Crippen LogP contribution in [0.2, 0.25) is 0 Å². The molecule has 5 atom stereocenters. The van der Waals surface area contributed by atoms with Gasteiger partial charge in [-0.1, -0.05) is 25.1 Å². The van der Waals surface area contributed by atoms with E-state index in [4.69, 9.17) is 9.47 Å². The molecule has 1 aromatic rings. The Morgan fingerprint density at radius 2 is 2.00 bits per heavy atom. The molecule has 0 spiro atoms. The van der Waals surface area contributed by atoms with Crippen LogP contribution >= 0.6 is 0 Å². The van der Waals surface area contributed by atoms with Gasteiger partial charge in [-0.15, -0.1) is 11.7 Å². The number of hydrogen-bond donors (Lipinski definition) is 3. The Morgan fingerprint density at radius 1 is 1.23 bits per heavy atom. The lowest BCUT2D eigenvalue weighted by molar-refractivity contribution is -0.141. The van der Waals surface area contributed by atoms with E-state index in [-0.39, 0.29) is 38.5 Å². The van der Waals surface area contributed by atoms with Crippen molar-refractivity contribution in [3.05, 3.63) is 24.5 Å². The molecule has 4 aliphatic rings. The Hall–Kier alpha value is -3.53. The van der Waals surface area contributed by atoms with Gasteiger partial charge in [0.15, 0.2) is 0 Å². The predicted molar refractivity (Wildman–Crippen MR) is 155 cm³/mol. The summed E-state index contributed by atoms with van der Waals surface area (Å²) in [6.45, 7) is 8.27. The summed E-state index contributed by atoms with van der Waals surface area (Å²) >= 11 is 0. The molecule has 1 saturated heterocycles. The predicted octanol–water partition coefficient (Wildman–Crippen LogP) is 0.368. The second kappa shape index (κ2) is 12.8. The van der Waals surface area contributed by atoms with Gasteiger partial charge in [-0.05, 0) is 44.4 Å². The van der Waals surface area contributed by atoms with Gasteiger partial charge >= 0.3 is 6.09 Å². The number of fused-ring (bicyclic) bond motifs is 4. The average Bonchev–Trinajstić information content (AvgIpc) is 3.86. The molecule has 0 radical (unpaired) electrons. The van der Waals surface area contributed by atoms with Crippen molar-refractivity contribution in [2.24, 2.45) is 11.8 Å². The highest BCUT2D eigenvalue weighted by Gasteiger charge is 2.62. The lowest BCUT2D eigenvalue weighted by Gasteiger charge is -2.31. The van der Waals surface area contributed by atoms with E-state index in [1.807, 2.05) is 0 Å². The van der Waals surface area contributed by atoms with Crippen molar-refractivity contribution < 1.29 is 37.1 Å². The van der Waals surface area contributed by atoms with Gasteiger partial charge in [0, 0.05) is 25.4 Å². The Labute approximate surface area is 256 Å². The van der Waals surface area contributed by atoms with E-state index in [1.165, 1.54) is 11.0 Å². The topological polar surface area (TPSA) is 191 Å². The standard InChI is InChI=1S/C28H41N7O8S/c1-4-18-13-28(18,26(38)32-44(40,41)21-8-9-21)30-24(36)22-12-20-15-35(22)25(37)23(17(2)3)29-27(39)42-11-7-5-6-10-34-14-19(16-43-20)31-33-34/h4,14,17-18,20-23H,1,5-13,15-16H2,2-3H3,(H,29,39)(H,30,36)(H,32,38)/t18-,20-,22+,23?,28-/m1/s1. The van der Waals surface area contributed by atoms with Gasteiger partial charge in [-0.25, -0.2) is 13.2 Å². The first kappa shape index (κ1) is 31.9. The summed E-state index contributed by atoms with van der Waals surface area (Å²) in [7, 11) is -3.85. The van der Waals surface area contributed by atoms with Crippen molar-refractivity contribution in [2.45, 2.75) is 101 Å². The van der Waals surface area contributed by atoms with E-state index in [1.54, 1.807) is 24.7 Å². The average molecular weight is 636 g/mol. The van der Waals surface area contributed by atoms with Gasteiger partial charge < -0.3 is 25.0 Å². The maximum atomic E-state index is 13.9. The fourth-order valence-corrected chi connectivity index (χ4v) is 7.09. The maximum Gasteiger partial charge on any atom is 0.407 e. The number of alkyl carbamates (subject to hydrolysis) is 1. The first-order valence-corrected chi connectivity index (χ1v) is 16.7. The minimum absolute atomic E-state index is 0.0468. The molecule has 4 bridgehead atoms. The third-order valence-corrected chi connectivity index (χ3v) is 10.4. The third-order valence-electron chi connectivity index (χ3n) is 8.62. The highest BCUT2D eigenvalue weighted by Crippen LogP contribution is 2.45. The molecule has 16 heteroatoms. The molecule has 2 saturated carbocycles. The second-order valence-electron chi connectivity index (χ2n) is 12.4. The lowest BCUT2D eigenvalue weighted by Crippen LogP contribution is -2.59. The van der Waals surface area contributed by atoms with Crippen LogP contribution in [0.25, 0.3) is 0 Å². The maximum absolute atomic E-state index is 13.9.